The largest absolute Gasteiger partial charge is 0.342 e. The van der Waals surface area contributed by atoms with Gasteiger partial charge in [-0.05, 0) is 48.1 Å². The van der Waals surface area contributed by atoms with Crippen LogP contribution in [0.2, 0.25) is 5.02 Å². The highest BCUT2D eigenvalue weighted by Gasteiger charge is 2.11. The van der Waals surface area contributed by atoms with E-state index in [0.717, 1.165) is 17.1 Å². The zero-order chi connectivity index (χ0) is 13.5. The van der Waals surface area contributed by atoms with Gasteiger partial charge in [0, 0.05) is 18.1 Å². The van der Waals surface area contributed by atoms with Crippen molar-refractivity contribution in [3.05, 3.63) is 70.4 Å². The Morgan fingerprint density at radius 1 is 1.00 bits per heavy atom. The van der Waals surface area contributed by atoms with Gasteiger partial charge >= 0.3 is 0 Å². The molecule has 0 radical (unpaired) electrons. The standard InChI is InChI=1S/C18H16ClN/c19-17-6-2-4-15-9-10-20(18(15)17)12-13-7-8-14-3-1-5-16(14)11-13/h2,4,6-11H,1,3,5,12H2. The molecule has 2 aromatic carbocycles. The van der Waals surface area contributed by atoms with Gasteiger partial charge in [0.1, 0.15) is 0 Å². The second kappa shape index (κ2) is 4.68. The Kier molecular flexibility index (Phi) is 2.82. The van der Waals surface area contributed by atoms with Crippen molar-refractivity contribution in [3.63, 3.8) is 0 Å². The summed E-state index contributed by atoms with van der Waals surface area (Å²) in [7, 11) is 0. The van der Waals surface area contributed by atoms with Crippen molar-refractivity contribution in [1.29, 1.82) is 0 Å². The molecule has 0 amide bonds. The van der Waals surface area contributed by atoms with Crippen LogP contribution in [-0.2, 0) is 19.4 Å². The first-order valence-corrected chi connectivity index (χ1v) is 7.53. The van der Waals surface area contributed by atoms with Crippen LogP contribution >= 0.6 is 11.6 Å². The van der Waals surface area contributed by atoms with Crippen LogP contribution in [-0.4, -0.2) is 4.57 Å². The van der Waals surface area contributed by atoms with E-state index in [0.29, 0.717) is 0 Å². The Bertz CT molecular complexity index is 785. The van der Waals surface area contributed by atoms with Gasteiger partial charge in [-0.15, -0.1) is 0 Å². The number of rotatable bonds is 2. The molecule has 0 spiro atoms. The summed E-state index contributed by atoms with van der Waals surface area (Å²) in [5.74, 6) is 0. The Hall–Kier alpha value is -1.73. The van der Waals surface area contributed by atoms with Crippen molar-refractivity contribution in [2.45, 2.75) is 25.8 Å². The van der Waals surface area contributed by atoms with Gasteiger partial charge in [0.25, 0.3) is 0 Å². The number of aromatic nitrogens is 1. The van der Waals surface area contributed by atoms with Crippen molar-refractivity contribution in [2.75, 3.05) is 0 Å². The van der Waals surface area contributed by atoms with E-state index in [1.807, 2.05) is 12.1 Å². The smallest absolute Gasteiger partial charge is 0.0672 e. The fraction of sp³-hybridized carbons (Fsp3) is 0.222. The first kappa shape index (κ1) is 12.0. The van der Waals surface area contributed by atoms with Crippen LogP contribution < -0.4 is 0 Å². The average Bonchev–Trinajstić information content (AvgIpc) is 3.06. The van der Waals surface area contributed by atoms with Crippen molar-refractivity contribution >= 4 is 22.5 Å². The van der Waals surface area contributed by atoms with Gasteiger partial charge < -0.3 is 4.57 Å². The van der Waals surface area contributed by atoms with Crippen LogP contribution in [0.25, 0.3) is 10.9 Å². The van der Waals surface area contributed by atoms with Crippen molar-refractivity contribution < 1.29 is 0 Å². The fourth-order valence-corrected chi connectivity index (χ4v) is 3.56. The third kappa shape index (κ3) is 1.94. The first-order chi connectivity index (χ1) is 9.81. The molecule has 0 aliphatic heterocycles. The molecule has 4 rings (SSSR count). The van der Waals surface area contributed by atoms with Crippen LogP contribution in [0.5, 0.6) is 0 Å². The Labute approximate surface area is 123 Å². The Balaban J connectivity index is 1.74. The zero-order valence-electron chi connectivity index (χ0n) is 11.3. The van der Waals surface area contributed by atoms with Gasteiger partial charge in [-0.1, -0.05) is 41.9 Å². The summed E-state index contributed by atoms with van der Waals surface area (Å²) in [4.78, 5) is 0. The zero-order valence-corrected chi connectivity index (χ0v) is 12.0. The molecule has 1 nitrogen and oxygen atoms in total. The Morgan fingerprint density at radius 2 is 1.90 bits per heavy atom. The van der Waals surface area contributed by atoms with Crippen molar-refractivity contribution in [2.24, 2.45) is 0 Å². The molecule has 2 heteroatoms. The third-order valence-electron chi connectivity index (χ3n) is 4.26. The summed E-state index contributed by atoms with van der Waals surface area (Å²) in [6, 6.07) is 15.1. The highest BCUT2D eigenvalue weighted by atomic mass is 35.5. The molecule has 0 saturated heterocycles. The van der Waals surface area contributed by atoms with Crippen LogP contribution in [0, 0.1) is 0 Å². The monoisotopic (exact) mass is 281 g/mol. The van der Waals surface area contributed by atoms with E-state index in [1.54, 1.807) is 0 Å². The number of aryl methyl sites for hydroxylation is 2. The second-order valence-corrected chi connectivity index (χ2v) is 5.99. The Morgan fingerprint density at radius 3 is 2.85 bits per heavy atom. The van der Waals surface area contributed by atoms with E-state index in [-0.39, 0.29) is 0 Å². The molecule has 0 fully saturated rings. The molecular weight excluding hydrogens is 266 g/mol. The van der Waals surface area contributed by atoms with Crippen LogP contribution in [0.3, 0.4) is 0 Å². The number of para-hydroxylation sites is 1. The van der Waals surface area contributed by atoms with Crippen LogP contribution in [0.15, 0.2) is 48.7 Å². The maximum absolute atomic E-state index is 6.34. The predicted octanol–water partition coefficient (Wildman–Crippen LogP) is 4.83. The normalized spacial score (nSPS) is 13.8. The summed E-state index contributed by atoms with van der Waals surface area (Å²) in [6.07, 6.45) is 5.91. The molecule has 3 aromatic rings. The predicted molar refractivity (Wildman–Crippen MR) is 84.5 cm³/mol. The first-order valence-electron chi connectivity index (χ1n) is 7.15. The molecular formula is C18H16ClN. The van der Waals surface area contributed by atoms with E-state index >= 15 is 0 Å². The molecule has 0 N–H and O–H groups in total. The summed E-state index contributed by atoms with van der Waals surface area (Å²) in [5.41, 5.74) is 5.56. The topological polar surface area (TPSA) is 4.93 Å². The van der Waals surface area contributed by atoms with Crippen molar-refractivity contribution in [1.82, 2.24) is 4.57 Å². The third-order valence-corrected chi connectivity index (χ3v) is 4.56. The highest BCUT2D eigenvalue weighted by molar-refractivity contribution is 6.35. The maximum Gasteiger partial charge on any atom is 0.0672 e. The van der Waals surface area contributed by atoms with Gasteiger partial charge in [0.15, 0.2) is 0 Å². The van der Waals surface area contributed by atoms with E-state index in [4.69, 9.17) is 11.6 Å². The number of fused-ring (bicyclic) bond motifs is 2. The second-order valence-electron chi connectivity index (χ2n) is 5.58. The summed E-state index contributed by atoms with van der Waals surface area (Å²) < 4.78 is 2.24. The molecule has 20 heavy (non-hydrogen) atoms. The molecule has 1 aliphatic rings. The molecule has 1 aliphatic carbocycles. The van der Waals surface area contributed by atoms with Gasteiger partial charge in [0.2, 0.25) is 0 Å². The SMILES string of the molecule is Clc1cccc2ccn(Cc3ccc4c(c3)CCC4)c12. The van der Waals surface area contributed by atoms with Gasteiger partial charge in [-0.3, -0.25) is 0 Å². The lowest BCUT2D eigenvalue weighted by Gasteiger charge is -2.09. The lowest BCUT2D eigenvalue weighted by atomic mass is 10.1. The lowest BCUT2D eigenvalue weighted by molar-refractivity contribution is 0.835. The molecule has 0 saturated carbocycles. The lowest BCUT2D eigenvalue weighted by Crippen LogP contribution is -1.99. The van der Waals surface area contributed by atoms with Gasteiger partial charge in [0.05, 0.1) is 10.5 Å². The minimum absolute atomic E-state index is 0.827. The summed E-state index contributed by atoms with van der Waals surface area (Å²) in [5, 5.41) is 2.03. The van der Waals surface area contributed by atoms with Crippen LogP contribution in [0.1, 0.15) is 23.1 Å². The molecule has 100 valence electrons. The number of hydrogen-bond acceptors (Lipinski definition) is 0. The number of halogens is 1. The number of hydrogen-bond donors (Lipinski definition) is 0. The fourth-order valence-electron chi connectivity index (χ4n) is 3.27. The minimum atomic E-state index is 0.827. The molecule has 1 aromatic heterocycles. The van der Waals surface area contributed by atoms with Gasteiger partial charge in [-0.2, -0.15) is 0 Å². The summed E-state index contributed by atoms with van der Waals surface area (Å²) >= 11 is 6.34. The highest BCUT2D eigenvalue weighted by Crippen LogP contribution is 2.27. The number of benzene rings is 2. The van der Waals surface area contributed by atoms with E-state index in [2.05, 4.69) is 41.1 Å². The molecule has 0 bridgehead atoms. The van der Waals surface area contributed by atoms with Crippen molar-refractivity contribution in [3.8, 4) is 0 Å². The maximum atomic E-state index is 6.34. The van der Waals surface area contributed by atoms with E-state index in [1.165, 1.54) is 41.3 Å². The van der Waals surface area contributed by atoms with Crippen LogP contribution in [0.4, 0.5) is 0 Å². The van der Waals surface area contributed by atoms with E-state index < -0.39 is 0 Å². The molecule has 1 heterocycles. The minimum Gasteiger partial charge on any atom is -0.342 e. The molecule has 0 atom stereocenters. The molecule has 0 unspecified atom stereocenters. The quantitative estimate of drug-likeness (QED) is 0.634. The average molecular weight is 282 g/mol. The van der Waals surface area contributed by atoms with E-state index in [9.17, 15) is 0 Å². The summed E-state index contributed by atoms with van der Waals surface area (Å²) in [6.45, 7) is 0.889. The number of nitrogens with zero attached hydrogens (tertiary/aromatic N) is 1. The van der Waals surface area contributed by atoms with Gasteiger partial charge in [-0.25, -0.2) is 0 Å².